The molecule has 1 aliphatic heterocycles. The monoisotopic (exact) mass is 410 g/mol. The average molecular weight is 411 g/mol. The standard InChI is InChI=1S/C21H19ClN4O3/c1-29-20(27)14-7-3-5-9-16(14)25-21(28)26-11-10-17-18(24-12-23-17)19(26)13-6-2-4-8-15(13)22/h2-9,12,19H,10-11H2,1H3,(H,23,24)(H,25,28)/t19-/m0/s1. The molecule has 1 atom stereocenters. The topological polar surface area (TPSA) is 87.3 Å². The first-order chi connectivity index (χ1) is 14.1. The first-order valence-electron chi connectivity index (χ1n) is 9.11. The molecule has 29 heavy (non-hydrogen) atoms. The van der Waals surface area contributed by atoms with Crippen LogP contribution in [0.25, 0.3) is 0 Å². The number of nitrogens with zero attached hydrogens (tertiary/aromatic N) is 2. The number of aromatic nitrogens is 2. The van der Waals surface area contributed by atoms with E-state index < -0.39 is 12.0 Å². The zero-order valence-corrected chi connectivity index (χ0v) is 16.4. The van der Waals surface area contributed by atoms with Gasteiger partial charge in [-0.25, -0.2) is 14.6 Å². The number of hydrogen-bond acceptors (Lipinski definition) is 4. The maximum atomic E-state index is 13.2. The zero-order chi connectivity index (χ0) is 20.4. The highest BCUT2D eigenvalue weighted by Gasteiger charge is 2.35. The van der Waals surface area contributed by atoms with Crippen LogP contribution in [-0.4, -0.2) is 40.5 Å². The molecule has 0 unspecified atom stereocenters. The summed E-state index contributed by atoms with van der Waals surface area (Å²) in [5, 5.41) is 3.40. The molecule has 3 aromatic rings. The van der Waals surface area contributed by atoms with Crippen LogP contribution in [0.3, 0.4) is 0 Å². The summed E-state index contributed by atoms with van der Waals surface area (Å²) in [5.41, 5.74) is 3.21. The summed E-state index contributed by atoms with van der Waals surface area (Å²) in [7, 11) is 1.30. The number of carbonyl (C=O) groups is 2. The van der Waals surface area contributed by atoms with E-state index in [0.29, 0.717) is 23.7 Å². The Kier molecular flexibility index (Phi) is 5.22. The van der Waals surface area contributed by atoms with Crippen molar-refractivity contribution in [1.82, 2.24) is 14.9 Å². The highest BCUT2D eigenvalue weighted by atomic mass is 35.5. The third kappa shape index (κ3) is 3.56. The van der Waals surface area contributed by atoms with Crippen molar-refractivity contribution in [3.05, 3.63) is 82.4 Å². The van der Waals surface area contributed by atoms with Crippen molar-refractivity contribution in [3.8, 4) is 0 Å². The summed E-state index contributed by atoms with van der Waals surface area (Å²) in [6, 6.07) is 13.3. The Balaban J connectivity index is 1.70. The number of fused-ring (bicyclic) bond motifs is 1. The van der Waals surface area contributed by atoms with Gasteiger partial charge in [-0.15, -0.1) is 0 Å². The quantitative estimate of drug-likeness (QED) is 0.638. The number of carbonyl (C=O) groups excluding carboxylic acids is 2. The number of nitrogens with one attached hydrogen (secondary N) is 2. The van der Waals surface area contributed by atoms with Crippen molar-refractivity contribution in [1.29, 1.82) is 0 Å². The molecule has 2 amide bonds. The number of amides is 2. The van der Waals surface area contributed by atoms with Gasteiger partial charge in [-0.05, 0) is 23.8 Å². The predicted molar refractivity (Wildman–Crippen MR) is 109 cm³/mol. The number of ether oxygens (including phenoxy) is 1. The van der Waals surface area contributed by atoms with Gasteiger partial charge in [-0.2, -0.15) is 0 Å². The molecule has 7 nitrogen and oxygen atoms in total. The van der Waals surface area contributed by atoms with Crippen LogP contribution in [-0.2, 0) is 11.2 Å². The Labute approximate surface area is 172 Å². The zero-order valence-electron chi connectivity index (χ0n) is 15.7. The Hall–Kier alpha value is -3.32. The first-order valence-corrected chi connectivity index (χ1v) is 9.49. The minimum Gasteiger partial charge on any atom is -0.465 e. The van der Waals surface area contributed by atoms with Gasteiger partial charge in [-0.3, -0.25) is 0 Å². The van der Waals surface area contributed by atoms with Gasteiger partial charge in [0, 0.05) is 23.7 Å². The second kappa shape index (κ2) is 7.97. The molecule has 1 aromatic heterocycles. The normalized spacial score (nSPS) is 15.5. The molecule has 148 valence electrons. The molecule has 2 N–H and O–H groups in total. The summed E-state index contributed by atoms with van der Waals surface area (Å²) < 4.78 is 4.81. The van der Waals surface area contributed by atoms with Crippen LogP contribution in [0.1, 0.15) is 33.4 Å². The number of imidazole rings is 1. The van der Waals surface area contributed by atoms with E-state index in [2.05, 4.69) is 15.3 Å². The number of anilines is 1. The number of hydrogen-bond donors (Lipinski definition) is 2. The van der Waals surface area contributed by atoms with E-state index in [1.165, 1.54) is 7.11 Å². The highest BCUT2D eigenvalue weighted by molar-refractivity contribution is 6.31. The number of urea groups is 1. The van der Waals surface area contributed by atoms with E-state index in [-0.39, 0.29) is 11.6 Å². The van der Waals surface area contributed by atoms with E-state index in [1.54, 1.807) is 41.6 Å². The average Bonchev–Trinajstić information content (AvgIpc) is 3.22. The van der Waals surface area contributed by atoms with Gasteiger partial charge < -0.3 is 19.9 Å². The molecule has 0 aliphatic carbocycles. The number of esters is 1. The molecule has 1 aliphatic rings. The van der Waals surface area contributed by atoms with Gasteiger partial charge >= 0.3 is 12.0 Å². The second-order valence-electron chi connectivity index (χ2n) is 6.60. The lowest BCUT2D eigenvalue weighted by atomic mass is 9.96. The van der Waals surface area contributed by atoms with Crippen LogP contribution in [0.5, 0.6) is 0 Å². The number of H-pyrrole nitrogens is 1. The van der Waals surface area contributed by atoms with Crippen LogP contribution in [0.2, 0.25) is 5.02 Å². The highest BCUT2D eigenvalue weighted by Crippen LogP contribution is 2.37. The van der Waals surface area contributed by atoms with E-state index in [9.17, 15) is 9.59 Å². The molecule has 0 fully saturated rings. The summed E-state index contributed by atoms with van der Waals surface area (Å²) >= 11 is 6.45. The van der Waals surface area contributed by atoms with Crippen LogP contribution < -0.4 is 5.32 Å². The van der Waals surface area contributed by atoms with E-state index in [4.69, 9.17) is 16.3 Å². The molecular weight excluding hydrogens is 392 g/mol. The molecule has 8 heteroatoms. The number of methoxy groups -OCH3 is 1. The van der Waals surface area contributed by atoms with Crippen molar-refractivity contribution in [3.63, 3.8) is 0 Å². The third-order valence-corrected chi connectivity index (χ3v) is 5.30. The minimum absolute atomic E-state index is 0.287. The fraction of sp³-hybridized carbons (Fsp3) is 0.190. The lowest BCUT2D eigenvalue weighted by Gasteiger charge is -2.35. The van der Waals surface area contributed by atoms with Crippen LogP contribution in [0, 0.1) is 0 Å². The first kappa shape index (κ1) is 19.0. The number of halogens is 1. The number of para-hydroxylation sites is 1. The Morgan fingerprint density at radius 3 is 2.76 bits per heavy atom. The van der Waals surface area contributed by atoms with Gasteiger partial charge in [0.05, 0.1) is 30.4 Å². The molecule has 0 saturated heterocycles. The predicted octanol–water partition coefficient (Wildman–Crippen LogP) is 4.03. The Morgan fingerprint density at radius 2 is 1.97 bits per heavy atom. The molecule has 0 radical (unpaired) electrons. The molecule has 0 spiro atoms. The van der Waals surface area contributed by atoms with Gasteiger partial charge in [0.1, 0.15) is 6.04 Å². The molecule has 0 saturated carbocycles. The van der Waals surface area contributed by atoms with Crippen molar-refractivity contribution >= 4 is 29.3 Å². The molecule has 4 rings (SSSR count). The van der Waals surface area contributed by atoms with Crippen LogP contribution in [0.4, 0.5) is 10.5 Å². The van der Waals surface area contributed by atoms with Gasteiger partial charge in [0.25, 0.3) is 0 Å². The van der Waals surface area contributed by atoms with Crippen molar-refractivity contribution in [2.24, 2.45) is 0 Å². The van der Waals surface area contributed by atoms with Crippen LogP contribution >= 0.6 is 11.6 Å². The number of aromatic amines is 1. The fourth-order valence-corrected chi connectivity index (χ4v) is 3.81. The third-order valence-electron chi connectivity index (χ3n) is 4.96. The Bertz CT molecular complexity index is 1070. The minimum atomic E-state index is -0.517. The van der Waals surface area contributed by atoms with Gasteiger partial charge in [0.2, 0.25) is 0 Å². The lowest BCUT2D eigenvalue weighted by Crippen LogP contribution is -2.43. The van der Waals surface area contributed by atoms with E-state index >= 15 is 0 Å². The van der Waals surface area contributed by atoms with Gasteiger partial charge in [-0.1, -0.05) is 41.9 Å². The molecule has 2 heterocycles. The largest absolute Gasteiger partial charge is 0.465 e. The van der Waals surface area contributed by atoms with Gasteiger partial charge in [0.15, 0.2) is 0 Å². The van der Waals surface area contributed by atoms with E-state index in [1.807, 2.05) is 18.2 Å². The number of rotatable bonds is 3. The molecular formula is C21H19ClN4O3. The van der Waals surface area contributed by atoms with Crippen molar-refractivity contribution in [2.75, 3.05) is 19.0 Å². The van der Waals surface area contributed by atoms with Crippen molar-refractivity contribution in [2.45, 2.75) is 12.5 Å². The number of benzene rings is 2. The lowest BCUT2D eigenvalue weighted by molar-refractivity contribution is 0.0602. The smallest absolute Gasteiger partial charge is 0.339 e. The second-order valence-corrected chi connectivity index (χ2v) is 7.01. The van der Waals surface area contributed by atoms with E-state index in [0.717, 1.165) is 17.0 Å². The SMILES string of the molecule is COC(=O)c1ccccc1NC(=O)N1CCc2[nH]cnc2[C@@H]1c1ccccc1Cl. The summed E-state index contributed by atoms with van der Waals surface area (Å²) in [4.78, 5) is 34.5. The Morgan fingerprint density at radius 1 is 1.21 bits per heavy atom. The fourth-order valence-electron chi connectivity index (χ4n) is 3.57. The summed E-state index contributed by atoms with van der Waals surface area (Å²) in [6.07, 6.45) is 2.27. The maximum absolute atomic E-state index is 13.2. The summed E-state index contributed by atoms with van der Waals surface area (Å²) in [5.74, 6) is -0.517. The molecule has 2 aromatic carbocycles. The van der Waals surface area contributed by atoms with Crippen LogP contribution in [0.15, 0.2) is 54.9 Å². The maximum Gasteiger partial charge on any atom is 0.339 e. The van der Waals surface area contributed by atoms with Crippen molar-refractivity contribution < 1.29 is 14.3 Å². The molecule has 0 bridgehead atoms. The summed E-state index contributed by atoms with van der Waals surface area (Å²) in [6.45, 7) is 0.470.